The van der Waals surface area contributed by atoms with Crippen LogP contribution in [0.25, 0.3) is 0 Å². The van der Waals surface area contributed by atoms with Crippen LogP contribution in [0.15, 0.2) is 24.5 Å². The van der Waals surface area contributed by atoms with Gasteiger partial charge in [0.2, 0.25) is 11.8 Å². The summed E-state index contributed by atoms with van der Waals surface area (Å²) in [5, 5.41) is 2.52. The highest BCUT2D eigenvalue weighted by Crippen LogP contribution is 2.05. The normalized spacial score (nSPS) is 11.8. The van der Waals surface area contributed by atoms with E-state index < -0.39 is 17.7 Å². The average molecular weight is 193 g/mol. The van der Waals surface area contributed by atoms with Crippen LogP contribution < -0.4 is 11.1 Å². The lowest BCUT2D eigenvalue weighted by molar-refractivity contribution is -0.129. The quantitative estimate of drug-likeness (QED) is 0.669. The van der Waals surface area contributed by atoms with Crippen LogP contribution in [0.2, 0.25) is 0 Å². The summed E-state index contributed by atoms with van der Waals surface area (Å²) in [6, 6.07) is 3.36. The number of aromatic nitrogens is 1. The van der Waals surface area contributed by atoms with Crippen molar-refractivity contribution in [3.63, 3.8) is 0 Å². The van der Waals surface area contributed by atoms with Crippen molar-refractivity contribution >= 4 is 17.5 Å². The van der Waals surface area contributed by atoms with Gasteiger partial charge in [0.1, 0.15) is 5.92 Å². The number of anilines is 1. The van der Waals surface area contributed by atoms with Crippen molar-refractivity contribution in [1.82, 2.24) is 4.98 Å². The molecule has 5 nitrogen and oxygen atoms in total. The Bertz CT molecular complexity index is 337. The Balaban J connectivity index is 2.62. The van der Waals surface area contributed by atoms with E-state index >= 15 is 0 Å². The number of hydrogen-bond donors (Lipinski definition) is 2. The molecule has 1 unspecified atom stereocenters. The van der Waals surface area contributed by atoms with Gasteiger partial charge in [0.15, 0.2) is 0 Å². The minimum Gasteiger partial charge on any atom is -0.369 e. The lowest BCUT2D eigenvalue weighted by Gasteiger charge is -2.07. The van der Waals surface area contributed by atoms with Crippen molar-refractivity contribution in [2.24, 2.45) is 11.7 Å². The molecule has 1 aromatic rings. The molecule has 0 aromatic carbocycles. The van der Waals surface area contributed by atoms with Crippen LogP contribution in [0, 0.1) is 5.92 Å². The molecule has 1 rings (SSSR count). The molecule has 0 bridgehead atoms. The molecule has 0 radical (unpaired) electrons. The van der Waals surface area contributed by atoms with Crippen molar-refractivity contribution in [2.45, 2.75) is 6.92 Å². The Morgan fingerprint density at radius 1 is 1.57 bits per heavy atom. The third-order valence-corrected chi connectivity index (χ3v) is 1.75. The zero-order valence-corrected chi connectivity index (χ0v) is 7.73. The molecule has 1 atom stereocenters. The van der Waals surface area contributed by atoms with Crippen molar-refractivity contribution in [3.05, 3.63) is 24.5 Å². The second-order valence-corrected chi connectivity index (χ2v) is 2.86. The molecular formula is C9H11N3O2. The van der Waals surface area contributed by atoms with Gasteiger partial charge in [-0.2, -0.15) is 0 Å². The van der Waals surface area contributed by atoms with Gasteiger partial charge in [-0.25, -0.2) is 0 Å². The van der Waals surface area contributed by atoms with E-state index in [9.17, 15) is 9.59 Å². The van der Waals surface area contributed by atoms with E-state index in [4.69, 9.17) is 5.73 Å². The zero-order valence-electron chi connectivity index (χ0n) is 7.73. The van der Waals surface area contributed by atoms with Gasteiger partial charge in [-0.3, -0.25) is 14.6 Å². The maximum absolute atomic E-state index is 11.3. The molecule has 0 fully saturated rings. The fraction of sp³-hybridized carbons (Fsp3) is 0.222. The molecule has 0 aliphatic heterocycles. The van der Waals surface area contributed by atoms with E-state index in [0.717, 1.165) is 0 Å². The van der Waals surface area contributed by atoms with Gasteiger partial charge in [0.05, 0.1) is 11.9 Å². The first-order valence-corrected chi connectivity index (χ1v) is 4.11. The number of carbonyl (C=O) groups is 2. The van der Waals surface area contributed by atoms with Crippen LogP contribution in [-0.2, 0) is 9.59 Å². The van der Waals surface area contributed by atoms with Crippen molar-refractivity contribution in [1.29, 1.82) is 0 Å². The van der Waals surface area contributed by atoms with Crippen LogP contribution >= 0.6 is 0 Å². The highest BCUT2D eigenvalue weighted by atomic mass is 16.2. The molecule has 0 aliphatic carbocycles. The Hall–Kier alpha value is -1.91. The lowest BCUT2D eigenvalue weighted by Crippen LogP contribution is -2.32. The Morgan fingerprint density at radius 2 is 2.29 bits per heavy atom. The number of hydrogen-bond acceptors (Lipinski definition) is 3. The van der Waals surface area contributed by atoms with Crippen LogP contribution in [0.5, 0.6) is 0 Å². The number of primary amides is 1. The number of rotatable bonds is 3. The summed E-state index contributed by atoms with van der Waals surface area (Å²) in [6.45, 7) is 1.45. The fourth-order valence-electron chi connectivity index (χ4n) is 0.816. The summed E-state index contributed by atoms with van der Waals surface area (Å²) in [5.41, 5.74) is 5.52. The predicted octanol–water partition coefficient (Wildman–Crippen LogP) is 0.141. The van der Waals surface area contributed by atoms with E-state index in [1.807, 2.05) is 0 Å². The van der Waals surface area contributed by atoms with Crippen molar-refractivity contribution in [3.8, 4) is 0 Å². The second-order valence-electron chi connectivity index (χ2n) is 2.86. The summed E-state index contributed by atoms with van der Waals surface area (Å²) in [5.74, 6) is -1.91. The standard InChI is InChI=1S/C9H11N3O2/c1-6(8(10)13)9(14)12-7-3-2-4-11-5-7/h2-6H,1H3,(H2,10,13)(H,12,14). The molecule has 3 N–H and O–H groups in total. The maximum Gasteiger partial charge on any atom is 0.236 e. The SMILES string of the molecule is CC(C(N)=O)C(=O)Nc1cccnc1. The third-order valence-electron chi connectivity index (χ3n) is 1.75. The highest BCUT2D eigenvalue weighted by Gasteiger charge is 2.18. The molecule has 5 heteroatoms. The summed E-state index contributed by atoms with van der Waals surface area (Å²) < 4.78 is 0. The first-order chi connectivity index (χ1) is 6.61. The summed E-state index contributed by atoms with van der Waals surface area (Å²) in [4.78, 5) is 25.8. The zero-order chi connectivity index (χ0) is 10.6. The molecule has 14 heavy (non-hydrogen) atoms. The highest BCUT2D eigenvalue weighted by molar-refractivity contribution is 6.05. The number of nitrogens with one attached hydrogen (secondary N) is 1. The van der Waals surface area contributed by atoms with Gasteiger partial charge < -0.3 is 11.1 Å². The molecule has 1 heterocycles. The average Bonchev–Trinajstić information content (AvgIpc) is 2.18. The third kappa shape index (κ3) is 2.55. The minimum absolute atomic E-state index is 0.425. The van der Waals surface area contributed by atoms with Crippen molar-refractivity contribution in [2.75, 3.05) is 5.32 Å². The van der Waals surface area contributed by atoms with Crippen LogP contribution in [0.1, 0.15) is 6.92 Å². The molecule has 2 amide bonds. The first kappa shape index (κ1) is 10.2. The number of nitrogens with two attached hydrogens (primary N) is 1. The molecule has 0 saturated heterocycles. The smallest absolute Gasteiger partial charge is 0.236 e. The number of carbonyl (C=O) groups excluding carboxylic acids is 2. The molecule has 0 spiro atoms. The molecule has 0 saturated carbocycles. The molecule has 1 aromatic heterocycles. The van der Waals surface area contributed by atoms with Gasteiger partial charge in [-0.15, -0.1) is 0 Å². The van der Waals surface area contributed by atoms with Gasteiger partial charge in [0, 0.05) is 6.20 Å². The maximum atomic E-state index is 11.3. The summed E-state index contributed by atoms with van der Waals surface area (Å²) in [7, 11) is 0. The van der Waals surface area contributed by atoms with E-state index in [-0.39, 0.29) is 0 Å². The van der Waals surface area contributed by atoms with Gasteiger partial charge in [-0.1, -0.05) is 0 Å². The van der Waals surface area contributed by atoms with Gasteiger partial charge in [-0.05, 0) is 19.1 Å². The van der Waals surface area contributed by atoms with E-state index in [1.165, 1.54) is 13.1 Å². The monoisotopic (exact) mass is 193 g/mol. The Labute approximate surface area is 81.3 Å². The number of nitrogens with zero attached hydrogens (tertiary/aromatic N) is 1. The van der Waals surface area contributed by atoms with E-state index in [1.54, 1.807) is 18.3 Å². The predicted molar refractivity (Wildman–Crippen MR) is 51.2 cm³/mol. The molecular weight excluding hydrogens is 182 g/mol. The van der Waals surface area contributed by atoms with Crippen LogP contribution in [0.4, 0.5) is 5.69 Å². The number of pyridine rings is 1. The van der Waals surface area contributed by atoms with E-state index in [2.05, 4.69) is 10.3 Å². The van der Waals surface area contributed by atoms with Crippen molar-refractivity contribution < 1.29 is 9.59 Å². The largest absolute Gasteiger partial charge is 0.369 e. The van der Waals surface area contributed by atoms with Gasteiger partial charge in [0.25, 0.3) is 0 Å². The molecule has 0 aliphatic rings. The number of amides is 2. The fourth-order valence-corrected chi connectivity index (χ4v) is 0.816. The topological polar surface area (TPSA) is 85.1 Å². The Morgan fingerprint density at radius 3 is 2.79 bits per heavy atom. The summed E-state index contributed by atoms with van der Waals surface area (Å²) in [6.07, 6.45) is 3.08. The Kier molecular flexibility index (Phi) is 3.17. The first-order valence-electron chi connectivity index (χ1n) is 4.11. The van der Waals surface area contributed by atoms with Gasteiger partial charge >= 0.3 is 0 Å². The summed E-state index contributed by atoms with van der Waals surface area (Å²) >= 11 is 0. The lowest BCUT2D eigenvalue weighted by atomic mass is 10.1. The minimum atomic E-state index is -0.838. The van der Waals surface area contributed by atoms with Crippen LogP contribution in [-0.4, -0.2) is 16.8 Å². The second kappa shape index (κ2) is 4.36. The molecule has 74 valence electrons. The van der Waals surface area contributed by atoms with E-state index in [0.29, 0.717) is 5.69 Å². The van der Waals surface area contributed by atoms with Crippen LogP contribution in [0.3, 0.4) is 0 Å².